The normalized spacial score (nSPS) is 36.0. The van der Waals surface area contributed by atoms with Crippen LogP contribution in [-0.4, -0.2) is 66.1 Å². The first-order valence-corrected chi connectivity index (χ1v) is 8.68. The Morgan fingerprint density at radius 3 is 1.67 bits per heavy atom. The molecule has 0 heterocycles. The van der Waals surface area contributed by atoms with Gasteiger partial charge in [-0.15, -0.1) is 0 Å². The van der Waals surface area contributed by atoms with E-state index in [-0.39, 0.29) is 30.5 Å². The fourth-order valence-corrected chi connectivity index (χ4v) is 4.25. The molecular formula is C16H30NO7+. The first kappa shape index (κ1) is 19.4. The van der Waals surface area contributed by atoms with E-state index in [9.17, 15) is 15.1 Å². The number of aliphatic hydroxyl groups is 2. The SMILES string of the molecule is COC1CCCC1(CCO)O[N+](=O)OC1(CCO)CCCC1OC. The van der Waals surface area contributed by atoms with Gasteiger partial charge in [0.05, 0.1) is 0 Å². The third-order valence-electron chi connectivity index (χ3n) is 5.46. The van der Waals surface area contributed by atoms with Crippen molar-refractivity contribution in [1.82, 2.24) is 0 Å². The standard InChI is InChI=1S/C16H30NO7/c1-21-13-5-3-7-15(13,9-11-18)23-17(20)24-16(10-12-19)8-4-6-14(16)22-2/h13-14,18-19H,3-12H2,1-2H3/q+1. The predicted molar refractivity (Wildman–Crippen MR) is 84.0 cm³/mol. The maximum absolute atomic E-state index is 12.4. The van der Waals surface area contributed by atoms with E-state index in [0.717, 1.165) is 25.7 Å². The number of hydrogen-bond acceptors (Lipinski definition) is 7. The van der Waals surface area contributed by atoms with Gasteiger partial charge in [0.15, 0.2) is 0 Å². The lowest BCUT2D eigenvalue weighted by Gasteiger charge is -2.30. The number of methoxy groups -OCH3 is 2. The van der Waals surface area contributed by atoms with Crippen LogP contribution in [0, 0.1) is 4.91 Å². The highest BCUT2D eigenvalue weighted by Gasteiger charge is 2.56. The predicted octanol–water partition coefficient (Wildman–Crippen LogP) is 1.27. The molecule has 4 unspecified atom stereocenters. The minimum absolute atomic E-state index is 0.101. The summed E-state index contributed by atoms with van der Waals surface area (Å²) < 4.78 is 10.9. The molecule has 0 aromatic carbocycles. The molecule has 2 aliphatic rings. The van der Waals surface area contributed by atoms with E-state index in [1.54, 1.807) is 14.2 Å². The first-order valence-electron chi connectivity index (χ1n) is 8.68. The maximum Gasteiger partial charge on any atom is 0.478 e. The lowest BCUT2D eigenvalue weighted by Crippen LogP contribution is -2.49. The van der Waals surface area contributed by atoms with Crippen LogP contribution in [0.15, 0.2) is 0 Å². The van der Waals surface area contributed by atoms with Gasteiger partial charge in [0.25, 0.3) is 0 Å². The number of hydrogen-bond donors (Lipinski definition) is 2. The van der Waals surface area contributed by atoms with Gasteiger partial charge in [-0.2, -0.15) is 9.68 Å². The summed E-state index contributed by atoms with van der Waals surface area (Å²) in [6.45, 7) is -0.202. The van der Waals surface area contributed by atoms with Crippen molar-refractivity contribution in [3.63, 3.8) is 0 Å². The van der Waals surface area contributed by atoms with Crippen LogP contribution in [0.4, 0.5) is 0 Å². The summed E-state index contributed by atoms with van der Waals surface area (Å²) in [5.74, 6) is 0. The number of nitrogens with zero attached hydrogens (tertiary/aromatic N) is 1. The van der Waals surface area contributed by atoms with E-state index < -0.39 is 11.2 Å². The van der Waals surface area contributed by atoms with E-state index in [1.165, 1.54) is 0 Å². The average molecular weight is 348 g/mol. The molecule has 0 saturated heterocycles. The van der Waals surface area contributed by atoms with Crippen LogP contribution < -0.4 is 0 Å². The van der Waals surface area contributed by atoms with Gasteiger partial charge in [0.1, 0.15) is 17.1 Å². The van der Waals surface area contributed by atoms with E-state index in [4.69, 9.17) is 19.1 Å². The van der Waals surface area contributed by atoms with Crippen molar-refractivity contribution in [3.05, 3.63) is 4.91 Å². The number of rotatable bonds is 10. The third kappa shape index (κ3) is 3.82. The Balaban J connectivity index is 2.09. The zero-order valence-electron chi connectivity index (χ0n) is 14.6. The highest BCUT2D eigenvalue weighted by molar-refractivity contribution is 4.95. The summed E-state index contributed by atoms with van der Waals surface area (Å²) in [4.78, 5) is 23.6. The van der Waals surface area contributed by atoms with Gasteiger partial charge >= 0.3 is 5.09 Å². The molecule has 8 heteroatoms. The first-order chi connectivity index (χ1) is 11.6. The zero-order chi connectivity index (χ0) is 17.6. The molecule has 0 bridgehead atoms. The summed E-state index contributed by atoms with van der Waals surface area (Å²) in [6, 6.07) is 0. The van der Waals surface area contributed by atoms with E-state index in [0.29, 0.717) is 25.7 Å². The van der Waals surface area contributed by atoms with Crippen molar-refractivity contribution in [2.24, 2.45) is 0 Å². The lowest BCUT2D eigenvalue weighted by molar-refractivity contribution is -1.01. The van der Waals surface area contributed by atoms with Gasteiger partial charge in [-0.1, -0.05) is 0 Å². The van der Waals surface area contributed by atoms with Gasteiger partial charge in [0, 0.05) is 40.3 Å². The molecule has 2 rings (SSSR count). The van der Waals surface area contributed by atoms with Gasteiger partial charge < -0.3 is 19.7 Å². The monoisotopic (exact) mass is 348 g/mol. The molecule has 24 heavy (non-hydrogen) atoms. The second kappa shape index (κ2) is 8.42. The van der Waals surface area contributed by atoms with E-state index in [1.807, 2.05) is 0 Å². The van der Waals surface area contributed by atoms with Crippen molar-refractivity contribution in [2.75, 3.05) is 27.4 Å². The summed E-state index contributed by atoms with van der Waals surface area (Å²) in [6.07, 6.45) is 4.57. The minimum Gasteiger partial charge on any atom is -0.396 e. The largest absolute Gasteiger partial charge is 0.478 e. The maximum atomic E-state index is 12.4. The highest BCUT2D eigenvalue weighted by Crippen LogP contribution is 2.41. The zero-order valence-corrected chi connectivity index (χ0v) is 14.6. The van der Waals surface area contributed by atoms with Crippen molar-refractivity contribution in [1.29, 1.82) is 0 Å². The van der Waals surface area contributed by atoms with E-state index >= 15 is 0 Å². The Hall–Kier alpha value is -0.960. The van der Waals surface area contributed by atoms with Crippen molar-refractivity contribution in [2.45, 2.75) is 74.8 Å². The van der Waals surface area contributed by atoms with Crippen LogP contribution in [0.5, 0.6) is 0 Å². The smallest absolute Gasteiger partial charge is 0.396 e. The number of aliphatic hydroxyl groups excluding tert-OH is 2. The summed E-state index contributed by atoms with van der Waals surface area (Å²) >= 11 is 0. The molecule has 2 N–H and O–H groups in total. The van der Waals surface area contributed by atoms with Crippen LogP contribution in [0.3, 0.4) is 0 Å². The molecule has 0 aromatic heterocycles. The quantitative estimate of drug-likeness (QED) is 0.574. The molecule has 140 valence electrons. The molecule has 0 aliphatic heterocycles. The summed E-state index contributed by atoms with van der Waals surface area (Å²) in [7, 11) is 3.15. The Morgan fingerprint density at radius 2 is 1.33 bits per heavy atom. The highest BCUT2D eigenvalue weighted by atomic mass is 17.0. The molecule has 0 radical (unpaired) electrons. The summed E-state index contributed by atoms with van der Waals surface area (Å²) in [5.41, 5.74) is -1.76. The van der Waals surface area contributed by atoms with Crippen LogP contribution in [0.2, 0.25) is 0 Å². The van der Waals surface area contributed by atoms with Crippen LogP contribution in [0.25, 0.3) is 0 Å². The Kier molecular flexibility index (Phi) is 6.79. The average Bonchev–Trinajstić information content (AvgIpc) is 3.11. The van der Waals surface area contributed by atoms with Gasteiger partial charge in [-0.05, 0) is 38.5 Å². The Bertz CT molecular complexity index is 385. The van der Waals surface area contributed by atoms with Crippen LogP contribution in [0.1, 0.15) is 51.4 Å². The van der Waals surface area contributed by atoms with Crippen LogP contribution in [-0.2, 0) is 19.1 Å². The second-order valence-corrected chi connectivity index (χ2v) is 6.72. The molecule has 2 aliphatic carbocycles. The molecule has 0 aromatic rings. The molecule has 4 atom stereocenters. The molecule has 2 fully saturated rings. The number of ether oxygens (including phenoxy) is 2. The third-order valence-corrected chi connectivity index (χ3v) is 5.46. The fourth-order valence-electron chi connectivity index (χ4n) is 4.25. The van der Waals surface area contributed by atoms with Crippen LogP contribution >= 0.6 is 0 Å². The molecule has 0 amide bonds. The molecular weight excluding hydrogens is 318 g/mol. The topological polar surface area (TPSA) is 97.5 Å². The summed E-state index contributed by atoms with van der Waals surface area (Å²) in [5, 5.41) is 18.9. The Labute approximate surface area is 142 Å². The van der Waals surface area contributed by atoms with Crippen molar-refractivity contribution >= 4 is 0 Å². The second-order valence-electron chi connectivity index (χ2n) is 6.72. The lowest BCUT2D eigenvalue weighted by atomic mass is 9.95. The van der Waals surface area contributed by atoms with Gasteiger partial charge in [0.2, 0.25) is 11.2 Å². The van der Waals surface area contributed by atoms with Gasteiger partial charge in [-0.25, -0.2) is 0 Å². The van der Waals surface area contributed by atoms with E-state index in [2.05, 4.69) is 0 Å². The molecule has 2 saturated carbocycles. The molecule has 0 spiro atoms. The van der Waals surface area contributed by atoms with Crippen molar-refractivity contribution < 1.29 is 34.4 Å². The molecule has 8 nitrogen and oxygen atoms in total. The Morgan fingerprint density at radius 1 is 0.917 bits per heavy atom. The fraction of sp³-hybridized carbons (Fsp3) is 1.00. The minimum atomic E-state index is -0.882. The van der Waals surface area contributed by atoms with Crippen molar-refractivity contribution in [3.8, 4) is 0 Å². The van der Waals surface area contributed by atoms with Gasteiger partial charge in [-0.3, -0.25) is 0 Å².